The monoisotopic (exact) mass is 436 g/mol. The normalized spacial score (nSPS) is 22.8. The molecule has 4 rings (SSSR count). The topological polar surface area (TPSA) is 104 Å². The second-order valence-electron chi connectivity index (χ2n) is 7.14. The Balaban J connectivity index is 2.06. The van der Waals surface area contributed by atoms with Gasteiger partial charge in [0.05, 0.1) is 11.5 Å². The fraction of sp³-hybridized carbons (Fsp3) is 0.263. The molecule has 10 heteroatoms. The number of hydrazine groups is 1. The van der Waals surface area contributed by atoms with Crippen molar-refractivity contribution in [1.29, 1.82) is 0 Å². The smallest absolute Gasteiger partial charge is 0.268 e. The highest BCUT2D eigenvalue weighted by atomic mass is 35.5. The third-order valence-corrected chi connectivity index (χ3v) is 7.62. The molecular formula is C19H20ClFN5O2S+3. The van der Waals surface area contributed by atoms with Crippen molar-refractivity contribution in [2.75, 3.05) is 6.54 Å². The Morgan fingerprint density at radius 3 is 2.72 bits per heavy atom. The van der Waals surface area contributed by atoms with Crippen LogP contribution in [-0.4, -0.2) is 35.2 Å². The number of benzene rings is 2. The van der Waals surface area contributed by atoms with Crippen molar-refractivity contribution in [2.24, 2.45) is 11.0 Å². The molecule has 4 N–H and O–H groups in total. The number of hydrogen-bond donors (Lipinski definition) is 2. The summed E-state index contributed by atoms with van der Waals surface area (Å²) in [6.45, 7) is 3.66. The summed E-state index contributed by atoms with van der Waals surface area (Å²) in [5.41, 5.74) is 7.98. The second kappa shape index (κ2) is 6.70. The number of rotatable bonds is 0. The van der Waals surface area contributed by atoms with Crippen molar-refractivity contribution >= 4 is 38.9 Å². The molecule has 2 aliphatic rings. The molecule has 0 bridgehead atoms. The van der Waals surface area contributed by atoms with Gasteiger partial charge in [0.15, 0.2) is 12.2 Å². The van der Waals surface area contributed by atoms with Gasteiger partial charge in [-0.3, -0.25) is 5.84 Å². The van der Waals surface area contributed by atoms with Crippen LogP contribution in [0.3, 0.4) is 0 Å². The first-order valence-corrected chi connectivity index (χ1v) is 10.8. The van der Waals surface area contributed by atoms with Crippen LogP contribution in [0.5, 0.6) is 0 Å². The van der Waals surface area contributed by atoms with Crippen LogP contribution in [0.2, 0.25) is 5.02 Å². The van der Waals surface area contributed by atoms with E-state index in [1.807, 2.05) is 0 Å². The molecule has 0 amide bonds. The van der Waals surface area contributed by atoms with E-state index in [0.29, 0.717) is 28.3 Å². The highest BCUT2D eigenvalue weighted by Gasteiger charge is 2.50. The second-order valence-corrected chi connectivity index (χ2v) is 9.40. The Bertz CT molecular complexity index is 1250. The van der Waals surface area contributed by atoms with E-state index in [-0.39, 0.29) is 23.0 Å². The fourth-order valence-corrected chi connectivity index (χ4v) is 6.14. The summed E-state index contributed by atoms with van der Waals surface area (Å²) in [5.74, 6) is 5.21. The van der Waals surface area contributed by atoms with Crippen LogP contribution in [0.4, 0.5) is 10.1 Å². The number of hydrogen-bond acceptors (Lipinski definition) is 4. The summed E-state index contributed by atoms with van der Waals surface area (Å²) in [4.78, 5) is 0.156. The largest absolute Gasteiger partial charge is 0.486 e. The van der Waals surface area contributed by atoms with Crippen LogP contribution < -0.4 is 11.4 Å². The van der Waals surface area contributed by atoms with E-state index in [1.54, 1.807) is 26.0 Å². The molecule has 0 unspecified atom stereocenters. The molecule has 2 aromatic rings. The molecule has 2 aliphatic heterocycles. The van der Waals surface area contributed by atoms with E-state index in [2.05, 4.69) is 5.11 Å². The average Bonchev–Trinajstić information content (AvgIpc) is 2.66. The number of fused-ring (bicyclic) bond motifs is 2. The van der Waals surface area contributed by atoms with Gasteiger partial charge in [-0.2, -0.15) is 8.42 Å². The molecule has 0 aromatic heterocycles. The van der Waals surface area contributed by atoms with Crippen LogP contribution in [0, 0.1) is 12.7 Å². The van der Waals surface area contributed by atoms with Gasteiger partial charge in [-0.15, -0.1) is 8.67 Å². The van der Waals surface area contributed by atoms with Crippen LogP contribution in [0.15, 0.2) is 40.3 Å². The Morgan fingerprint density at radius 1 is 1.31 bits per heavy atom. The van der Waals surface area contributed by atoms with E-state index >= 15 is 0 Å². The van der Waals surface area contributed by atoms with E-state index < -0.39 is 21.8 Å². The predicted octanol–water partition coefficient (Wildman–Crippen LogP) is 1.43. The third-order valence-electron chi connectivity index (χ3n) is 5.47. The lowest BCUT2D eigenvalue weighted by molar-refractivity contribution is -0.461. The minimum atomic E-state index is -3.93. The Kier molecular flexibility index (Phi) is 4.54. The van der Waals surface area contributed by atoms with E-state index in [9.17, 15) is 12.8 Å². The van der Waals surface area contributed by atoms with Gasteiger partial charge < -0.3 is 0 Å². The van der Waals surface area contributed by atoms with Gasteiger partial charge in [0.25, 0.3) is 0 Å². The number of nitrogens with zero attached hydrogens (tertiary/aromatic N) is 3. The quantitative estimate of drug-likeness (QED) is 0.371. The maximum atomic E-state index is 14.8. The summed E-state index contributed by atoms with van der Waals surface area (Å²) in [7, 11) is -3.93. The van der Waals surface area contributed by atoms with Crippen LogP contribution in [0.25, 0.3) is 0 Å². The van der Waals surface area contributed by atoms with E-state index in [1.165, 1.54) is 22.2 Å². The van der Waals surface area contributed by atoms with Gasteiger partial charge in [-0.05, 0) is 49.2 Å². The lowest BCUT2D eigenvalue weighted by atomic mass is 9.88. The first-order chi connectivity index (χ1) is 13.7. The number of halogens is 2. The Labute approximate surface area is 172 Å². The average molecular weight is 437 g/mol. The SMILES string of the molecule is Cc1ccc(F)c2c1[N+](N)=C(N=[NH2+])/C(=[N+]1/CCc3cc(Cl)ccc3S1(=O)=O)[C@@H]2C. The molecule has 0 aliphatic carbocycles. The van der Waals surface area contributed by atoms with Gasteiger partial charge in [0, 0.05) is 11.4 Å². The van der Waals surface area contributed by atoms with E-state index in [4.69, 9.17) is 23.0 Å². The molecule has 0 fully saturated rings. The van der Waals surface area contributed by atoms with Gasteiger partial charge in [-0.25, -0.2) is 4.39 Å². The van der Waals surface area contributed by atoms with Crippen molar-refractivity contribution in [3.8, 4) is 0 Å². The Hall–Kier alpha value is -2.65. The molecule has 2 heterocycles. The first kappa shape index (κ1) is 19.7. The number of nitrogens with two attached hydrogens (primary N) is 2. The van der Waals surface area contributed by atoms with Crippen LogP contribution in [0.1, 0.15) is 29.5 Å². The zero-order valence-electron chi connectivity index (χ0n) is 15.9. The lowest BCUT2D eigenvalue weighted by Crippen LogP contribution is -2.48. The van der Waals surface area contributed by atoms with Crippen molar-refractivity contribution < 1.29 is 27.0 Å². The standard InChI is InChI=1S/C19H18ClFN5O2S/c1-10-3-5-14(21)16-11(2)18(19(24-22)26(23)17(10)16)25-8-7-12-9-13(20)4-6-15(12)29(25,27)28/h3-6,9,11,22-23H,7-8H2,1-2H3/q+1/p+2/t11-/m1/s1. The molecule has 29 heavy (non-hydrogen) atoms. The molecular weight excluding hydrogens is 417 g/mol. The van der Waals surface area contributed by atoms with Crippen molar-refractivity contribution in [3.05, 3.63) is 57.9 Å². The molecule has 0 radical (unpaired) electrons. The summed E-state index contributed by atoms with van der Waals surface area (Å²) >= 11 is 6.02. The minimum absolute atomic E-state index is 0.0830. The van der Waals surface area contributed by atoms with Crippen LogP contribution >= 0.6 is 11.6 Å². The Morgan fingerprint density at radius 2 is 2.03 bits per heavy atom. The van der Waals surface area contributed by atoms with Gasteiger partial charge in [-0.1, -0.05) is 23.2 Å². The third kappa shape index (κ3) is 2.79. The predicted molar refractivity (Wildman–Crippen MR) is 105 cm³/mol. The van der Waals surface area contributed by atoms with Gasteiger partial charge in [0.1, 0.15) is 10.7 Å². The highest BCUT2D eigenvalue weighted by Crippen LogP contribution is 2.37. The zero-order valence-corrected chi connectivity index (χ0v) is 17.4. The molecule has 2 aromatic carbocycles. The zero-order chi connectivity index (χ0) is 21.1. The van der Waals surface area contributed by atoms with Crippen LogP contribution in [-0.2, 0) is 16.4 Å². The van der Waals surface area contributed by atoms with Crippen molar-refractivity contribution in [1.82, 2.24) is 0 Å². The molecule has 7 nitrogen and oxygen atoms in total. The molecule has 150 valence electrons. The van der Waals surface area contributed by atoms with E-state index in [0.717, 1.165) is 10.2 Å². The molecule has 0 spiro atoms. The molecule has 0 saturated carbocycles. The number of sulfonamides is 1. The van der Waals surface area contributed by atoms with Crippen molar-refractivity contribution in [3.63, 3.8) is 0 Å². The summed E-state index contributed by atoms with van der Waals surface area (Å²) in [5, 5.41) is 4.24. The van der Waals surface area contributed by atoms with Gasteiger partial charge >= 0.3 is 21.6 Å². The maximum absolute atomic E-state index is 14.8. The maximum Gasteiger partial charge on any atom is 0.486 e. The summed E-state index contributed by atoms with van der Waals surface area (Å²) < 4.78 is 44.0. The number of aryl methyl sites for hydroxylation is 1. The lowest BCUT2D eigenvalue weighted by Gasteiger charge is -2.23. The number of amidine groups is 1. The first-order valence-electron chi connectivity index (χ1n) is 8.98. The summed E-state index contributed by atoms with van der Waals surface area (Å²) in [6, 6.07) is 7.61. The number of hydrazone groups is 1. The van der Waals surface area contributed by atoms with Gasteiger partial charge in [0.2, 0.25) is 5.11 Å². The highest BCUT2D eigenvalue weighted by molar-refractivity contribution is 7.85. The minimum Gasteiger partial charge on any atom is -0.268 e. The molecule has 1 atom stereocenters. The summed E-state index contributed by atoms with van der Waals surface area (Å²) in [6.07, 6.45) is 0.441. The fourth-order valence-electron chi connectivity index (χ4n) is 4.15. The van der Waals surface area contributed by atoms with Crippen molar-refractivity contribution in [2.45, 2.75) is 31.1 Å². The molecule has 0 saturated heterocycles.